The van der Waals surface area contributed by atoms with Crippen molar-refractivity contribution in [1.82, 2.24) is 25.5 Å². The molecule has 4 rings (SSSR count). The van der Waals surface area contributed by atoms with E-state index in [1.165, 1.54) is 25.2 Å². The van der Waals surface area contributed by atoms with Crippen LogP contribution in [0.15, 0.2) is 42.7 Å². The second-order valence-corrected chi connectivity index (χ2v) is 6.18. The fourth-order valence-electron chi connectivity index (χ4n) is 3.24. The number of nitrogens with one attached hydrogen (secondary N) is 1. The molecule has 0 saturated heterocycles. The molecular weight excluding hydrogens is 362 g/mol. The first-order chi connectivity index (χ1) is 13.7. The van der Waals surface area contributed by atoms with E-state index in [1.54, 1.807) is 12.1 Å². The molecule has 0 saturated carbocycles. The van der Waals surface area contributed by atoms with Gasteiger partial charge in [-0.05, 0) is 22.6 Å². The average molecular weight is 381 g/mol. The fourth-order valence-corrected chi connectivity index (χ4v) is 3.24. The lowest BCUT2D eigenvalue weighted by Crippen LogP contribution is -2.32. The number of ether oxygens (including phenoxy) is 3. The van der Waals surface area contributed by atoms with E-state index in [4.69, 9.17) is 14.2 Å². The summed E-state index contributed by atoms with van der Waals surface area (Å²) in [6.45, 7) is 0.535. The van der Waals surface area contributed by atoms with Crippen molar-refractivity contribution in [2.75, 3.05) is 20.8 Å². The minimum atomic E-state index is -0.270. The average Bonchev–Trinajstić information content (AvgIpc) is 3.27. The van der Waals surface area contributed by atoms with Crippen molar-refractivity contribution in [2.24, 2.45) is 0 Å². The summed E-state index contributed by atoms with van der Waals surface area (Å²) in [4.78, 5) is 13.2. The Labute approximate surface area is 161 Å². The van der Waals surface area contributed by atoms with Gasteiger partial charge in [0.15, 0.2) is 11.5 Å². The van der Waals surface area contributed by atoms with Crippen molar-refractivity contribution < 1.29 is 19.0 Å². The van der Waals surface area contributed by atoms with Crippen molar-refractivity contribution >= 4 is 5.91 Å². The lowest BCUT2D eigenvalue weighted by molar-refractivity contribution is 0.0924. The molecule has 9 nitrogen and oxygen atoms in total. The molecule has 0 spiro atoms. The Balaban J connectivity index is 1.71. The van der Waals surface area contributed by atoms with Gasteiger partial charge < -0.3 is 19.5 Å². The summed E-state index contributed by atoms with van der Waals surface area (Å²) >= 11 is 0. The molecule has 144 valence electrons. The second-order valence-electron chi connectivity index (χ2n) is 6.18. The summed E-state index contributed by atoms with van der Waals surface area (Å²) in [5.74, 6) is 1.43. The van der Waals surface area contributed by atoms with E-state index in [1.807, 2.05) is 24.3 Å². The zero-order valence-corrected chi connectivity index (χ0v) is 15.5. The van der Waals surface area contributed by atoms with Gasteiger partial charge in [-0.3, -0.25) is 4.79 Å². The van der Waals surface area contributed by atoms with Crippen molar-refractivity contribution in [2.45, 2.75) is 12.5 Å². The minimum Gasteiger partial charge on any atom is -0.493 e. The molecule has 1 atom stereocenters. The highest BCUT2D eigenvalue weighted by Crippen LogP contribution is 2.34. The maximum absolute atomic E-state index is 13.2. The van der Waals surface area contributed by atoms with E-state index in [9.17, 15) is 4.79 Å². The summed E-state index contributed by atoms with van der Waals surface area (Å²) in [7, 11) is 3.05. The number of hydrogen-bond acceptors (Lipinski definition) is 7. The third kappa shape index (κ3) is 3.22. The zero-order valence-electron chi connectivity index (χ0n) is 15.5. The second kappa shape index (κ2) is 7.55. The summed E-state index contributed by atoms with van der Waals surface area (Å²) in [5, 5.41) is 14.3. The normalized spacial score (nSPS) is 15.3. The van der Waals surface area contributed by atoms with Gasteiger partial charge in [0.05, 0.1) is 38.1 Å². The number of methoxy groups -OCH3 is 2. The standard InChI is InChI=1S/C19H19N5O4/c1-26-17-9-13(15(10-18(17)27-2)24-11-20-22-23-24)19(25)21-14-7-8-28-16-6-4-3-5-12(14)16/h3-6,9-11,14H,7-8H2,1-2H3,(H,21,25)/t14-/m1/s1. The molecule has 0 fully saturated rings. The number of carbonyl (C=O) groups is 1. The fraction of sp³-hybridized carbons (Fsp3) is 0.263. The number of benzene rings is 2. The molecule has 0 bridgehead atoms. The molecule has 0 aliphatic carbocycles. The molecule has 2 aromatic carbocycles. The van der Waals surface area contributed by atoms with Crippen LogP contribution in [0.25, 0.3) is 5.69 Å². The first kappa shape index (κ1) is 17.8. The maximum atomic E-state index is 13.2. The predicted molar refractivity (Wildman–Crippen MR) is 99.0 cm³/mol. The Hall–Kier alpha value is -3.62. The van der Waals surface area contributed by atoms with Crippen LogP contribution >= 0.6 is 0 Å². The zero-order chi connectivity index (χ0) is 19.5. The molecule has 28 heavy (non-hydrogen) atoms. The summed E-state index contributed by atoms with van der Waals surface area (Å²) < 4.78 is 17.8. The van der Waals surface area contributed by atoms with Crippen molar-refractivity contribution in [3.05, 3.63) is 53.9 Å². The third-order valence-electron chi connectivity index (χ3n) is 4.61. The van der Waals surface area contributed by atoms with Crippen LogP contribution in [0, 0.1) is 0 Å². The number of carbonyl (C=O) groups excluding carboxylic acids is 1. The predicted octanol–water partition coefficient (Wildman–Crippen LogP) is 1.93. The minimum absolute atomic E-state index is 0.160. The number of fused-ring (bicyclic) bond motifs is 1. The van der Waals surface area contributed by atoms with Gasteiger partial charge in [0.25, 0.3) is 5.91 Å². The molecule has 1 aliphatic rings. The SMILES string of the molecule is COc1cc(C(=O)N[C@@H]2CCOc3ccccc32)c(-n2cnnn2)cc1OC. The van der Waals surface area contributed by atoms with Crippen molar-refractivity contribution in [3.8, 4) is 22.9 Å². The van der Waals surface area contributed by atoms with Crippen LogP contribution in [0.2, 0.25) is 0 Å². The maximum Gasteiger partial charge on any atom is 0.254 e. The quantitative estimate of drug-likeness (QED) is 0.721. The van der Waals surface area contributed by atoms with E-state index >= 15 is 0 Å². The van der Waals surface area contributed by atoms with E-state index in [-0.39, 0.29) is 11.9 Å². The highest BCUT2D eigenvalue weighted by Gasteiger charge is 2.25. The highest BCUT2D eigenvalue weighted by molar-refractivity contribution is 5.99. The largest absolute Gasteiger partial charge is 0.493 e. The van der Waals surface area contributed by atoms with Crippen LogP contribution in [0.5, 0.6) is 17.2 Å². The summed E-state index contributed by atoms with van der Waals surface area (Å²) in [6, 6.07) is 10.8. The van der Waals surface area contributed by atoms with Gasteiger partial charge in [-0.25, -0.2) is 0 Å². The number of aromatic nitrogens is 4. The van der Waals surface area contributed by atoms with Crippen molar-refractivity contribution in [3.63, 3.8) is 0 Å². The molecule has 2 heterocycles. The Kier molecular flexibility index (Phi) is 4.79. The number of rotatable bonds is 5. The lowest BCUT2D eigenvalue weighted by atomic mass is 10.00. The lowest BCUT2D eigenvalue weighted by Gasteiger charge is -2.27. The number of nitrogens with zero attached hydrogens (tertiary/aromatic N) is 4. The van der Waals surface area contributed by atoms with Gasteiger partial charge in [0.2, 0.25) is 0 Å². The van der Waals surface area contributed by atoms with Crippen LogP contribution in [-0.2, 0) is 0 Å². The Morgan fingerprint density at radius 1 is 1.21 bits per heavy atom. The molecule has 1 aromatic heterocycles. The first-order valence-electron chi connectivity index (χ1n) is 8.73. The smallest absolute Gasteiger partial charge is 0.254 e. The first-order valence-corrected chi connectivity index (χ1v) is 8.73. The third-order valence-corrected chi connectivity index (χ3v) is 4.61. The van der Waals surface area contributed by atoms with Crippen LogP contribution in [0.4, 0.5) is 0 Å². The van der Waals surface area contributed by atoms with Crippen LogP contribution in [0.3, 0.4) is 0 Å². The van der Waals surface area contributed by atoms with Crippen LogP contribution < -0.4 is 19.5 Å². The number of para-hydroxylation sites is 1. The molecule has 9 heteroatoms. The molecule has 0 unspecified atom stereocenters. The topological polar surface area (TPSA) is 100 Å². The number of hydrogen-bond donors (Lipinski definition) is 1. The van der Waals surface area contributed by atoms with E-state index in [0.29, 0.717) is 35.8 Å². The van der Waals surface area contributed by atoms with Crippen LogP contribution in [0.1, 0.15) is 28.4 Å². The molecular formula is C19H19N5O4. The monoisotopic (exact) mass is 381 g/mol. The molecule has 1 aliphatic heterocycles. The van der Waals surface area contributed by atoms with E-state index < -0.39 is 0 Å². The van der Waals surface area contributed by atoms with Gasteiger partial charge in [-0.15, -0.1) is 5.10 Å². The van der Waals surface area contributed by atoms with Gasteiger partial charge in [0, 0.05) is 18.1 Å². The van der Waals surface area contributed by atoms with Gasteiger partial charge in [0.1, 0.15) is 12.1 Å². The Morgan fingerprint density at radius 3 is 2.75 bits per heavy atom. The van der Waals surface area contributed by atoms with E-state index in [2.05, 4.69) is 20.8 Å². The van der Waals surface area contributed by atoms with Gasteiger partial charge in [-0.1, -0.05) is 18.2 Å². The van der Waals surface area contributed by atoms with E-state index in [0.717, 1.165) is 11.3 Å². The molecule has 3 aromatic rings. The number of tetrazole rings is 1. The molecule has 0 radical (unpaired) electrons. The Bertz CT molecular complexity index is 990. The van der Waals surface area contributed by atoms with Gasteiger partial charge >= 0.3 is 0 Å². The molecule has 1 amide bonds. The summed E-state index contributed by atoms with van der Waals surface area (Å²) in [5.41, 5.74) is 1.81. The van der Waals surface area contributed by atoms with Crippen molar-refractivity contribution in [1.29, 1.82) is 0 Å². The van der Waals surface area contributed by atoms with Crippen LogP contribution in [-0.4, -0.2) is 46.9 Å². The highest BCUT2D eigenvalue weighted by atomic mass is 16.5. The van der Waals surface area contributed by atoms with Gasteiger partial charge in [-0.2, -0.15) is 4.68 Å². The Morgan fingerprint density at radius 2 is 2.00 bits per heavy atom. The molecule has 1 N–H and O–H groups in total. The summed E-state index contributed by atoms with van der Waals surface area (Å²) in [6.07, 6.45) is 2.10. The number of amides is 1.